The Balaban J connectivity index is 2.29. The van der Waals surface area contributed by atoms with Gasteiger partial charge in [0.25, 0.3) is 0 Å². The first kappa shape index (κ1) is 16.9. The normalized spacial score (nSPS) is 20.3. The van der Waals surface area contributed by atoms with Crippen LogP contribution in [0.15, 0.2) is 23.9 Å². The Hall–Kier alpha value is -1.50. The second-order valence-electron chi connectivity index (χ2n) is 6.53. The smallest absolute Gasteiger partial charge is 0.400 e. The molecule has 0 atom stereocenters. The first-order chi connectivity index (χ1) is 10.2. The zero-order valence-electron chi connectivity index (χ0n) is 13.7. The lowest BCUT2D eigenvalue weighted by Gasteiger charge is -2.32. The number of ketones is 1. The molecule has 118 valence electrons. The first-order valence-electron chi connectivity index (χ1n) is 7.29. The summed E-state index contributed by atoms with van der Waals surface area (Å²) in [6.07, 6.45) is 4.90. The standard InChI is InChI=1S/C16H22BNO4/c1-11(20)13-6-12(8-18-9-13)7-14(10-19)17-21-15(2,3)16(4,5)22-17/h6-9,19H,10H2,1-5H3. The summed E-state index contributed by atoms with van der Waals surface area (Å²) in [5, 5.41) is 9.65. The van der Waals surface area contributed by atoms with Crippen molar-refractivity contribution in [2.75, 3.05) is 6.61 Å². The average molecular weight is 303 g/mol. The summed E-state index contributed by atoms with van der Waals surface area (Å²) in [5.74, 6) is -0.0519. The predicted octanol–water partition coefficient (Wildman–Crippen LogP) is 2.29. The van der Waals surface area contributed by atoms with Gasteiger partial charge >= 0.3 is 7.12 Å². The Bertz CT molecular complexity index is 594. The summed E-state index contributed by atoms with van der Waals surface area (Å²) in [6, 6.07) is 1.73. The van der Waals surface area contributed by atoms with Gasteiger partial charge in [0.05, 0.1) is 17.8 Å². The molecule has 6 heteroatoms. The molecule has 2 rings (SSSR count). The van der Waals surface area contributed by atoms with Gasteiger partial charge in [-0.1, -0.05) is 6.08 Å². The van der Waals surface area contributed by atoms with Gasteiger partial charge in [-0.05, 0) is 51.7 Å². The topological polar surface area (TPSA) is 68.7 Å². The lowest BCUT2D eigenvalue weighted by atomic mass is 9.77. The quantitative estimate of drug-likeness (QED) is 0.683. The summed E-state index contributed by atoms with van der Waals surface area (Å²) in [6.45, 7) is 9.13. The van der Waals surface area contributed by atoms with E-state index in [-0.39, 0.29) is 12.4 Å². The average Bonchev–Trinajstić information content (AvgIpc) is 2.65. The summed E-state index contributed by atoms with van der Waals surface area (Å²) >= 11 is 0. The van der Waals surface area contributed by atoms with Crippen molar-refractivity contribution in [3.05, 3.63) is 35.1 Å². The Kier molecular flexibility index (Phi) is 4.56. The largest absolute Gasteiger partial charge is 0.492 e. The molecular weight excluding hydrogens is 281 g/mol. The molecule has 0 unspecified atom stereocenters. The Labute approximate surface area is 131 Å². The van der Waals surface area contributed by atoms with E-state index in [1.54, 1.807) is 18.3 Å². The number of aromatic nitrogens is 1. The van der Waals surface area contributed by atoms with Crippen molar-refractivity contribution in [2.24, 2.45) is 0 Å². The zero-order valence-corrected chi connectivity index (χ0v) is 13.7. The molecule has 0 aromatic carbocycles. The minimum atomic E-state index is -0.615. The summed E-state index contributed by atoms with van der Waals surface area (Å²) in [7, 11) is -0.615. The van der Waals surface area contributed by atoms with Crippen LogP contribution in [0.25, 0.3) is 6.08 Å². The molecule has 0 saturated carbocycles. The van der Waals surface area contributed by atoms with Gasteiger partial charge in [-0.15, -0.1) is 0 Å². The van der Waals surface area contributed by atoms with Crippen LogP contribution in [0.1, 0.15) is 50.5 Å². The third kappa shape index (κ3) is 3.29. The molecule has 1 fully saturated rings. The second kappa shape index (κ2) is 5.95. The SMILES string of the molecule is CC(=O)c1cncc(C=C(CO)B2OC(C)(C)C(C)(C)O2)c1. The van der Waals surface area contributed by atoms with Crippen molar-refractivity contribution in [1.29, 1.82) is 0 Å². The number of nitrogens with zero attached hydrogens (tertiary/aromatic N) is 1. The van der Waals surface area contributed by atoms with E-state index < -0.39 is 18.3 Å². The Morgan fingerprint density at radius 3 is 2.36 bits per heavy atom. The highest BCUT2D eigenvalue weighted by molar-refractivity contribution is 6.55. The molecular formula is C16H22BNO4. The molecule has 2 heterocycles. The zero-order chi connectivity index (χ0) is 16.5. The van der Waals surface area contributed by atoms with Gasteiger partial charge < -0.3 is 14.4 Å². The summed E-state index contributed by atoms with van der Waals surface area (Å²) < 4.78 is 11.9. The number of hydrogen-bond acceptors (Lipinski definition) is 5. The third-order valence-corrected chi connectivity index (χ3v) is 4.26. The fourth-order valence-electron chi connectivity index (χ4n) is 2.13. The monoisotopic (exact) mass is 303 g/mol. The van der Waals surface area contributed by atoms with Crippen LogP contribution in [-0.4, -0.2) is 40.8 Å². The van der Waals surface area contributed by atoms with Crippen LogP contribution in [0, 0.1) is 0 Å². The second-order valence-corrected chi connectivity index (χ2v) is 6.53. The van der Waals surface area contributed by atoms with Gasteiger partial charge in [-0.2, -0.15) is 0 Å². The molecule has 1 saturated heterocycles. The number of aliphatic hydroxyl groups is 1. The van der Waals surface area contributed by atoms with Crippen LogP contribution < -0.4 is 0 Å². The van der Waals surface area contributed by atoms with Crippen LogP contribution >= 0.6 is 0 Å². The van der Waals surface area contributed by atoms with E-state index in [4.69, 9.17) is 9.31 Å². The number of carbonyl (C=O) groups excluding carboxylic acids is 1. The number of hydrogen-bond donors (Lipinski definition) is 1. The lowest BCUT2D eigenvalue weighted by Crippen LogP contribution is -2.41. The molecule has 1 aromatic heterocycles. The number of Topliss-reactive ketones (excluding diaryl/α,β-unsaturated/α-hetero) is 1. The van der Waals surface area contributed by atoms with Crippen LogP contribution in [0.3, 0.4) is 0 Å². The maximum absolute atomic E-state index is 11.4. The van der Waals surface area contributed by atoms with Gasteiger partial charge in [0.1, 0.15) is 0 Å². The lowest BCUT2D eigenvalue weighted by molar-refractivity contribution is 0.00578. The van der Waals surface area contributed by atoms with Gasteiger partial charge in [-0.3, -0.25) is 9.78 Å². The number of carbonyl (C=O) groups is 1. The van der Waals surface area contributed by atoms with Crippen molar-refractivity contribution in [2.45, 2.75) is 45.8 Å². The fourth-order valence-corrected chi connectivity index (χ4v) is 2.13. The van der Waals surface area contributed by atoms with E-state index in [2.05, 4.69) is 4.98 Å². The van der Waals surface area contributed by atoms with E-state index in [1.165, 1.54) is 13.1 Å². The van der Waals surface area contributed by atoms with Crippen molar-refractivity contribution < 1.29 is 19.2 Å². The molecule has 0 bridgehead atoms. The van der Waals surface area contributed by atoms with E-state index in [1.807, 2.05) is 27.7 Å². The third-order valence-electron chi connectivity index (χ3n) is 4.26. The van der Waals surface area contributed by atoms with Crippen molar-refractivity contribution in [1.82, 2.24) is 4.98 Å². The molecule has 1 aliphatic heterocycles. The molecule has 1 aromatic rings. The minimum Gasteiger partial charge on any atom is -0.400 e. The maximum atomic E-state index is 11.4. The molecule has 5 nitrogen and oxygen atoms in total. The highest BCUT2D eigenvalue weighted by Crippen LogP contribution is 2.38. The molecule has 1 N–H and O–H groups in total. The van der Waals surface area contributed by atoms with E-state index in [0.717, 1.165) is 5.56 Å². The predicted molar refractivity (Wildman–Crippen MR) is 85.4 cm³/mol. The number of pyridine rings is 1. The first-order valence-corrected chi connectivity index (χ1v) is 7.29. The van der Waals surface area contributed by atoms with Crippen molar-refractivity contribution in [3.63, 3.8) is 0 Å². The highest BCUT2D eigenvalue weighted by atomic mass is 16.7. The van der Waals surface area contributed by atoms with Gasteiger partial charge in [0.15, 0.2) is 5.78 Å². The van der Waals surface area contributed by atoms with Crippen LogP contribution in [0.2, 0.25) is 0 Å². The Morgan fingerprint density at radius 2 is 1.86 bits per heavy atom. The van der Waals surface area contributed by atoms with Gasteiger partial charge in [0.2, 0.25) is 0 Å². The molecule has 0 radical (unpaired) electrons. The highest BCUT2D eigenvalue weighted by Gasteiger charge is 2.52. The molecule has 1 aliphatic rings. The Morgan fingerprint density at radius 1 is 1.27 bits per heavy atom. The van der Waals surface area contributed by atoms with E-state index in [0.29, 0.717) is 11.0 Å². The number of aliphatic hydroxyl groups excluding tert-OH is 1. The minimum absolute atomic E-state index is 0.0519. The van der Waals surface area contributed by atoms with Gasteiger partial charge in [0, 0.05) is 18.0 Å². The molecule has 0 spiro atoms. The summed E-state index contributed by atoms with van der Waals surface area (Å²) in [5.41, 5.74) is 0.921. The summed E-state index contributed by atoms with van der Waals surface area (Å²) in [4.78, 5) is 15.5. The van der Waals surface area contributed by atoms with Crippen LogP contribution in [0.4, 0.5) is 0 Å². The van der Waals surface area contributed by atoms with Crippen molar-refractivity contribution >= 4 is 19.0 Å². The fraction of sp³-hybridized carbons (Fsp3) is 0.500. The molecule has 0 aliphatic carbocycles. The maximum Gasteiger partial charge on any atom is 0.492 e. The van der Waals surface area contributed by atoms with E-state index >= 15 is 0 Å². The molecule has 22 heavy (non-hydrogen) atoms. The van der Waals surface area contributed by atoms with Gasteiger partial charge in [-0.25, -0.2) is 0 Å². The molecule has 0 amide bonds. The van der Waals surface area contributed by atoms with Crippen LogP contribution in [0.5, 0.6) is 0 Å². The van der Waals surface area contributed by atoms with Crippen molar-refractivity contribution in [3.8, 4) is 0 Å². The van der Waals surface area contributed by atoms with E-state index in [9.17, 15) is 9.90 Å². The van der Waals surface area contributed by atoms with Crippen LogP contribution in [-0.2, 0) is 9.31 Å². The number of rotatable bonds is 4.